The number of benzene rings is 1. The second-order valence-corrected chi connectivity index (χ2v) is 4.81. The lowest BCUT2D eigenvalue weighted by molar-refractivity contribution is 0.499. The normalized spacial score (nSPS) is 11.5. The van der Waals surface area contributed by atoms with Crippen LogP contribution in [0.2, 0.25) is 0 Å². The van der Waals surface area contributed by atoms with Gasteiger partial charge in [-0.1, -0.05) is 82.0 Å². The topological polar surface area (TPSA) is 0 Å². The molecule has 0 fully saturated rings. The minimum Gasteiger partial charge on any atom is -0.0808 e. The highest BCUT2D eigenvalue weighted by molar-refractivity contribution is 5.48. The molecule has 1 aromatic carbocycles. The molecule has 0 saturated carbocycles. The SMILES string of the molecule is CCCCC(/C=C/c1ccccc1)CCCC. The van der Waals surface area contributed by atoms with E-state index in [9.17, 15) is 0 Å². The molecule has 0 amide bonds. The van der Waals surface area contributed by atoms with Crippen LogP contribution in [-0.4, -0.2) is 0 Å². The van der Waals surface area contributed by atoms with Crippen molar-refractivity contribution in [1.29, 1.82) is 0 Å². The van der Waals surface area contributed by atoms with E-state index in [0.29, 0.717) is 0 Å². The van der Waals surface area contributed by atoms with E-state index in [0.717, 1.165) is 5.92 Å². The van der Waals surface area contributed by atoms with E-state index in [1.165, 1.54) is 44.1 Å². The summed E-state index contributed by atoms with van der Waals surface area (Å²) in [6, 6.07) is 10.6. The summed E-state index contributed by atoms with van der Waals surface area (Å²) < 4.78 is 0. The summed E-state index contributed by atoms with van der Waals surface area (Å²) in [6.07, 6.45) is 12.7. The third-order valence-electron chi connectivity index (χ3n) is 3.22. The van der Waals surface area contributed by atoms with Crippen LogP contribution in [0.4, 0.5) is 0 Å². The largest absolute Gasteiger partial charge is 0.0808 e. The van der Waals surface area contributed by atoms with Crippen molar-refractivity contribution in [1.82, 2.24) is 0 Å². The lowest BCUT2D eigenvalue weighted by Crippen LogP contribution is -1.96. The molecule has 1 aromatic rings. The molecular weight excluding hydrogens is 204 g/mol. The molecule has 0 spiro atoms. The zero-order chi connectivity index (χ0) is 12.3. The lowest BCUT2D eigenvalue weighted by Gasteiger charge is -2.11. The maximum Gasteiger partial charge on any atom is -0.0230 e. The van der Waals surface area contributed by atoms with Crippen LogP contribution in [0.3, 0.4) is 0 Å². The average Bonchev–Trinajstić information content (AvgIpc) is 2.39. The second-order valence-electron chi connectivity index (χ2n) is 4.81. The van der Waals surface area contributed by atoms with Crippen molar-refractivity contribution in [3.63, 3.8) is 0 Å². The molecule has 17 heavy (non-hydrogen) atoms. The van der Waals surface area contributed by atoms with Crippen molar-refractivity contribution >= 4 is 6.08 Å². The summed E-state index contributed by atoms with van der Waals surface area (Å²) in [5, 5.41) is 0. The van der Waals surface area contributed by atoms with E-state index >= 15 is 0 Å². The van der Waals surface area contributed by atoms with Gasteiger partial charge in [0, 0.05) is 0 Å². The Morgan fingerprint density at radius 2 is 1.53 bits per heavy atom. The first-order valence-electron chi connectivity index (χ1n) is 7.10. The van der Waals surface area contributed by atoms with Crippen molar-refractivity contribution < 1.29 is 0 Å². The van der Waals surface area contributed by atoms with Gasteiger partial charge in [-0.3, -0.25) is 0 Å². The molecule has 0 bridgehead atoms. The summed E-state index contributed by atoms with van der Waals surface area (Å²) in [5.41, 5.74) is 1.32. The van der Waals surface area contributed by atoms with Gasteiger partial charge in [0.15, 0.2) is 0 Å². The third-order valence-corrected chi connectivity index (χ3v) is 3.22. The summed E-state index contributed by atoms with van der Waals surface area (Å²) in [7, 11) is 0. The Morgan fingerprint density at radius 3 is 2.06 bits per heavy atom. The van der Waals surface area contributed by atoms with Crippen molar-refractivity contribution in [2.24, 2.45) is 5.92 Å². The molecule has 0 radical (unpaired) electrons. The Labute approximate surface area is 107 Å². The minimum absolute atomic E-state index is 0.773. The second kappa shape index (κ2) is 9.04. The van der Waals surface area contributed by atoms with Crippen LogP contribution in [0.1, 0.15) is 57.9 Å². The number of hydrogen-bond donors (Lipinski definition) is 0. The molecule has 94 valence electrons. The van der Waals surface area contributed by atoms with E-state index in [-0.39, 0.29) is 0 Å². The van der Waals surface area contributed by atoms with Gasteiger partial charge in [-0.25, -0.2) is 0 Å². The number of hydrogen-bond acceptors (Lipinski definition) is 0. The molecule has 0 aliphatic rings. The third kappa shape index (κ3) is 6.31. The van der Waals surface area contributed by atoms with Gasteiger partial charge >= 0.3 is 0 Å². The molecule has 0 N–H and O–H groups in total. The Kier molecular flexibility index (Phi) is 7.46. The first kappa shape index (κ1) is 14.0. The lowest BCUT2D eigenvalue weighted by atomic mass is 9.95. The van der Waals surface area contributed by atoms with Gasteiger partial charge in [0.1, 0.15) is 0 Å². The van der Waals surface area contributed by atoms with Gasteiger partial charge in [-0.05, 0) is 24.3 Å². The van der Waals surface area contributed by atoms with E-state index in [2.05, 4.69) is 56.3 Å². The Morgan fingerprint density at radius 1 is 0.941 bits per heavy atom. The van der Waals surface area contributed by atoms with Crippen molar-refractivity contribution in [2.75, 3.05) is 0 Å². The summed E-state index contributed by atoms with van der Waals surface area (Å²) in [6.45, 7) is 4.55. The van der Waals surface area contributed by atoms with Crippen molar-refractivity contribution in [2.45, 2.75) is 52.4 Å². The van der Waals surface area contributed by atoms with E-state index < -0.39 is 0 Å². The monoisotopic (exact) mass is 230 g/mol. The first-order chi connectivity index (χ1) is 8.36. The minimum atomic E-state index is 0.773. The van der Waals surface area contributed by atoms with Crippen LogP contribution in [0.25, 0.3) is 6.08 Å². The van der Waals surface area contributed by atoms with Crippen molar-refractivity contribution in [3.8, 4) is 0 Å². The molecular formula is C17H26. The molecule has 1 rings (SSSR count). The average molecular weight is 230 g/mol. The molecule has 0 heteroatoms. The van der Waals surface area contributed by atoms with Crippen molar-refractivity contribution in [3.05, 3.63) is 42.0 Å². The smallest absolute Gasteiger partial charge is 0.0230 e. The highest BCUT2D eigenvalue weighted by Gasteiger charge is 2.03. The van der Waals surface area contributed by atoms with Crippen LogP contribution in [-0.2, 0) is 0 Å². The summed E-state index contributed by atoms with van der Waals surface area (Å²) in [4.78, 5) is 0. The molecule has 0 aliphatic heterocycles. The number of rotatable bonds is 8. The first-order valence-corrected chi connectivity index (χ1v) is 7.10. The van der Waals surface area contributed by atoms with Gasteiger partial charge < -0.3 is 0 Å². The number of unbranched alkanes of at least 4 members (excludes halogenated alkanes) is 2. The molecule has 0 unspecified atom stereocenters. The zero-order valence-electron chi connectivity index (χ0n) is 11.4. The van der Waals surface area contributed by atoms with Gasteiger partial charge in [-0.15, -0.1) is 0 Å². The molecule has 0 nitrogen and oxygen atoms in total. The Hall–Kier alpha value is -1.04. The predicted octanol–water partition coefficient (Wildman–Crippen LogP) is 5.70. The highest BCUT2D eigenvalue weighted by atomic mass is 14.1. The van der Waals surface area contributed by atoms with E-state index in [4.69, 9.17) is 0 Å². The molecule has 0 aliphatic carbocycles. The van der Waals surface area contributed by atoms with Crippen LogP contribution in [0, 0.1) is 5.92 Å². The number of allylic oxidation sites excluding steroid dienone is 1. The van der Waals surface area contributed by atoms with Gasteiger partial charge in [0.05, 0.1) is 0 Å². The predicted molar refractivity (Wildman–Crippen MR) is 78.0 cm³/mol. The maximum absolute atomic E-state index is 2.42. The fourth-order valence-electron chi connectivity index (χ4n) is 2.08. The summed E-state index contributed by atoms with van der Waals surface area (Å²) in [5.74, 6) is 0.773. The van der Waals surface area contributed by atoms with E-state index in [1.54, 1.807) is 0 Å². The van der Waals surface area contributed by atoms with Crippen LogP contribution < -0.4 is 0 Å². The quantitative estimate of drug-likeness (QED) is 0.537. The molecule has 0 saturated heterocycles. The van der Waals surface area contributed by atoms with E-state index in [1.807, 2.05) is 0 Å². The van der Waals surface area contributed by atoms with Gasteiger partial charge in [-0.2, -0.15) is 0 Å². The molecule has 0 heterocycles. The maximum atomic E-state index is 2.42. The Balaban J connectivity index is 2.49. The standard InChI is InChI=1S/C17H26/c1-3-5-10-16(11-6-4-2)14-15-17-12-8-7-9-13-17/h7-9,12-16H,3-6,10-11H2,1-2H3/b15-14+. The fourth-order valence-corrected chi connectivity index (χ4v) is 2.08. The molecule has 0 atom stereocenters. The van der Waals surface area contributed by atoms with Crippen LogP contribution in [0.15, 0.2) is 36.4 Å². The van der Waals surface area contributed by atoms with Gasteiger partial charge in [0.25, 0.3) is 0 Å². The zero-order valence-corrected chi connectivity index (χ0v) is 11.4. The van der Waals surface area contributed by atoms with Crippen LogP contribution >= 0.6 is 0 Å². The molecule has 0 aromatic heterocycles. The summed E-state index contributed by atoms with van der Waals surface area (Å²) >= 11 is 0. The van der Waals surface area contributed by atoms with Crippen LogP contribution in [0.5, 0.6) is 0 Å². The highest BCUT2D eigenvalue weighted by Crippen LogP contribution is 2.18. The fraction of sp³-hybridized carbons (Fsp3) is 0.529. The van der Waals surface area contributed by atoms with Gasteiger partial charge in [0.2, 0.25) is 0 Å². The Bertz CT molecular complexity index is 289.